The van der Waals surface area contributed by atoms with Crippen molar-refractivity contribution >= 4 is 23.2 Å². The molecule has 0 saturated heterocycles. The molecule has 0 saturated carbocycles. The molecule has 1 amide bonds. The summed E-state index contributed by atoms with van der Waals surface area (Å²) in [7, 11) is 1.20. The van der Waals surface area contributed by atoms with Crippen molar-refractivity contribution in [2.75, 3.05) is 13.7 Å². The van der Waals surface area contributed by atoms with E-state index >= 15 is 0 Å². The van der Waals surface area contributed by atoms with E-state index in [1.807, 2.05) is 6.07 Å². The second kappa shape index (κ2) is 6.85. The predicted molar refractivity (Wildman–Crippen MR) is 75.9 cm³/mol. The summed E-state index contributed by atoms with van der Waals surface area (Å²) in [6.45, 7) is -0.131. The van der Waals surface area contributed by atoms with Crippen molar-refractivity contribution in [3.05, 3.63) is 21.4 Å². The van der Waals surface area contributed by atoms with E-state index in [1.165, 1.54) is 48.1 Å². The van der Waals surface area contributed by atoms with Crippen molar-refractivity contribution in [2.45, 2.75) is 38.2 Å². The standard InChI is InChI=1S/C14H19NO4S/c1-19-14(18)10(16)8-15-13(17)12-7-9-5-3-2-4-6-11(9)20-12/h7,10,16H,2-6,8H2,1H3,(H,15,17). The molecule has 1 unspecified atom stereocenters. The number of thiophene rings is 1. The third-order valence-corrected chi connectivity index (χ3v) is 4.64. The second-order valence-corrected chi connectivity index (χ2v) is 6.01. The molecule has 2 N–H and O–H groups in total. The Morgan fingerprint density at radius 3 is 2.90 bits per heavy atom. The Labute approximate surface area is 121 Å². The molecular formula is C14H19NO4S. The summed E-state index contributed by atoms with van der Waals surface area (Å²) < 4.78 is 4.39. The summed E-state index contributed by atoms with van der Waals surface area (Å²) in [5.41, 5.74) is 1.27. The molecule has 6 heteroatoms. The van der Waals surface area contributed by atoms with E-state index in [2.05, 4.69) is 10.1 Å². The maximum absolute atomic E-state index is 12.0. The quantitative estimate of drug-likeness (QED) is 0.648. The lowest BCUT2D eigenvalue weighted by Crippen LogP contribution is -2.36. The summed E-state index contributed by atoms with van der Waals surface area (Å²) >= 11 is 1.51. The van der Waals surface area contributed by atoms with Crippen molar-refractivity contribution in [3.63, 3.8) is 0 Å². The Morgan fingerprint density at radius 2 is 2.15 bits per heavy atom. The lowest BCUT2D eigenvalue weighted by atomic mass is 10.1. The molecule has 5 nitrogen and oxygen atoms in total. The molecule has 1 aliphatic carbocycles. The van der Waals surface area contributed by atoms with Gasteiger partial charge in [-0.1, -0.05) is 6.42 Å². The molecule has 110 valence electrons. The van der Waals surface area contributed by atoms with Crippen molar-refractivity contribution in [1.82, 2.24) is 5.32 Å². The lowest BCUT2D eigenvalue weighted by molar-refractivity contribution is -0.149. The van der Waals surface area contributed by atoms with Gasteiger partial charge in [-0.05, 0) is 37.3 Å². The van der Waals surface area contributed by atoms with Gasteiger partial charge in [0.1, 0.15) is 0 Å². The van der Waals surface area contributed by atoms with Gasteiger partial charge in [0.2, 0.25) is 0 Å². The average molecular weight is 297 g/mol. The molecule has 2 rings (SSSR count). The first-order chi connectivity index (χ1) is 9.61. The molecule has 0 bridgehead atoms. The van der Waals surface area contributed by atoms with Crippen LogP contribution in [0.3, 0.4) is 0 Å². The van der Waals surface area contributed by atoms with E-state index in [1.54, 1.807) is 0 Å². The fraction of sp³-hybridized carbons (Fsp3) is 0.571. The monoisotopic (exact) mass is 297 g/mol. The number of hydrogen-bond donors (Lipinski definition) is 2. The normalized spacial score (nSPS) is 15.9. The Morgan fingerprint density at radius 1 is 1.40 bits per heavy atom. The zero-order valence-corrected chi connectivity index (χ0v) is 12.3. The molecular weight excluding hydrogens is 278 g/mol. The zero-order valence-electron chi connectivity index (χ0n) is 11.5. The number of fused-ring (bicyclic) bond motifs is 1. The van der Waals surface area contributed by atoms with Crippen LogP contribution in [0.4, 0.5) is 0 Å². The Kier molecular flexibility index (Phi) is 5.14. The zero-order chi connectivity index (χ0) is 14.5. The van der Waals surface area contributed by atoms with Crippen LogP contribution in [0.1, 0.15) is 39.4 Å². The van der Waals surface area contributed by atoms with Crippen molar-refractivity contribution in [2.24, 2.45) is 0 Å². The van der Waals surface area contributed by atoms with Gasteiger partial charge in [-0.25, -0.2) is 4.79 Å². The van der Waals surface area contributed by atoms with Crippen LogP contribution in [0.2, 0.25) is 0 Å². The number of carbonyl (C=O) groups excluding carboxylic acids is 2. The highest BCUT2D eigenvalue weighted by Crippen LogP contribution is 2.28. The van der Waals surface area contributed by atoms with Gasteiger partial charge in [-0.3, -0.25) is 4.79 Å². The summed E-state index contributed by atoms with van der Waals surface area (Å²) in [5, 5.41) is 12.0. The Balaban J connectivity index is 1.94. The number of nitrogens with one attached hydrogen (secondary N) is 1. The minimum atomic E-state index is -1.32. The molecule has 1 aromatic heterocycles. The third-order valence-electron chi connectivity index (χ3n) is 3.40. The highest BCUT2D eigenvalue weighted by atomic mass is 32.1. The van der Waals surface area contributed by atoms with Gasteiger partial charge in [-0.15, -0.1) is 11.3 Å². The number of methoxy groups -OCH3 is 1. The molecule has 1 aromatic rings. The Hall–Kier alpha value is -1.40. The van der Waals surface area contributed by atoms with Crippen LogP contribution in [0, 0.1) is 0 Å². The second-order valence-electron chi connectivity index (χ2n) is 4.87. The van der Waals surface area contributed by atoms with E-state index in [-0.39, 0.29) is 12.5 Å². The first-order valence-electron chi connectivity index (χ1n) is 6.77. The van der Waals surface area contributed by atoms with Gasteiger partial charge >= 0.3 is 5.97 Å². The number of amides is 1. The molecule has 1 aliphatic rings. The van der Waals surface area contributed by atoms with Gasteiger partial charge in [0.05, 0.1) is 18.5 Å². The number of rotatable bonds is 4. The average Bonchev–Trinajstić information content (AvgIpc) is 2.74. The van der Waals surface area contributed by atoms with Gasteiger partial charge in [0, 0.05) is 4.88 Å². The van der Waals surface area contributed by atoms with Crippen LogP contribution >= 0.6 is 11.3 Å². The maximum Gasteiger partial charge on any atom is 0.336 e. The summed E-state index contributed by atoms with van der Waals surface area (Å²) in [4.78, 5) is 25.0. The van der Waals surface area contributed by atoms with Crippen LogP contribution < -0.4 is 5.32 Å². The van der Waals surface area contributed by atoms with E-state index in [0.29, 0.717) is 4.88 Å². The van der Waals surface area contributed by atoms with E-state index < -0.39 is 12.1 Å². The number of aliphatic hydroxyl groups is 1. The highest BCUT2D eigenvalue weighted by molar-refractivity contribution is 7.14. The summed E-state index contributed by atoms with van der Waals surface area (Å²) in [6.07, 6.45) is 4.35. The Bertz CT molecular complexity index is 474. The van der Waals surface area contributed by atoms with Crippen LogP contribution in [0.25, 0.3) is 0 Å². The SMILES string of the molecule is COC(=O)C(O)CNC(=O)c1cc2c(s1)CCCCC2. The number of carbonyl (C=O) groups is 2. The van der Waals surface area contributed by atoms with Crippen LogP contribution in [0.5, 0.6) is 0 Å². The van der Waals surface area contributed by atoms with Crippen LogP contribution in [-0.4, -0.2) is 36.7 Å². The largest absolute Gasteiger partial charge is 0.467 e. The van der Waals surface area contributed by atoms with Crippen molar-refractivity contribution in [3.8, 4) is 0 Å². The van der Waals surface area contributed by atoms with Crippen molar-refractivity contribution in [1.29, 1.82) is 0 Å². The first kappa shape index (κ1) is 15.0. The van der Waals surface area contributed by atoms with Crippen LogP contribution in [-0.2, 0) is 22.4 Å². The smallest absolute Gasteiger partial charge is 0.336 e. The maximum atomic E-state index is 12.0. The molecule has 20 heavy (non-hydrogen) atoms. The molecule has 0 aliphatic heterocycles. The van der Waals surface area contributed by atoms with Crippen molar-refractivity contribution < 1.29 is 19.4 Å². The molecule has 0 fully saturated rings. The van der Waals surface area contributed by atoms with E-state index in [0.717, 1.165) is 12.8 Å². The summed E-state index contributed by atoms with van der Waals surface area (Å²) in [6, 6.07) is 1.94. The van der Waals surface area contributed by atoms with E-state index in [9.17, 15) is 14.7 Å². The molecule has 0 radical (unpaired) electrons. The van der Waals surface area contributed by atoms with Gasteiger partial charge in [0.15, 0.2) is 6.10 Å². The fourth-order valence-electron chi connectivity index (χ4n) is 2.28. The number of aliphatic hydroxyl groups excluding tert-OH is 1. The minimum Gasteiger partial charge on any atom is -0.467 e. The molecule has 1 atom stereocenters. The first-order valence-corrected chi connectivity index (χ1v) is 7.59. The number of ether oxygens (including phenoxy) is 1. The summed E-state index contributed by atoms with van der Waals surface area (Å²) in [5.74, 6) is -0.988. The number of aryl methyl sites for hydroxylation is 2. The molecule has 0 aromatic carbocycles. The highest BCUT2D eigenvalue weighted by Gasteiger charge is 2.19. The number of hydrogen-bond acceptors (Lipinski definition) is 5. The lowest BCUT2D eigenvalue weighted by Gasteiger charge is -2.08. The number of esters is 1. The molecule has 0 spiro atoms. The topological polar surface area (TPSA) is 75.6 Å². The van der Waals surface area contributed by atoms with Gasteiger partial charge in [-0.2, -0.15) is 0 Å². The third kappa shape index (κ3) is 3.58. The molecule has 1 heterocycles. The van der Waals surface area contributed by atoms with Crippen LogP contribution in [0.15, 0.2) is 6.07 Å². The van der Waals surface area contributed by atoms with Gasteiger partial charge in [0.25, 0.3) is 5.91 Å². The van der Waals surface area contributed by atoms with Gasteiger partial charge < -0.3 is 15.2 Å². The predicted octanol–water partition coefficient (Wildman–Crippen LogP) is 1.28. The minimum absolute atomic E-state index is 0.131. The van der Waals surface area contributed by atoms with E-state index in [4.69, 9.17) is 0 Å². The fourth-order valence-corrected chi connectivity index (χ4v) is 3.45.